The Balaban J connectivity index is 1.72. The van der Waals surface area contributed by atoms with Gasteiger partial charge in [0, 0.05) is 37.4 Å². The summed E-state index contributed by atoms with van der Waals surface area (Å²) in [7, 11) is 0. The van der Waals surface area contributed by atoms with E-state index in [9.17, 15) is 14.7 Å². The molecule has 6 nitrogen and oxygen atoms in total. The van der Waals surface area contributed by atoms with Gasteiger partial charge in [0.15, 0.2) is 5.82 Å². The van der Waals surface area contributed by atoms with Gasteiger partial charge in [-0.05, 0) is 31.7 Å². The molecule has 1 aliphatic carbocycles. The zero-order valence-corrected chi connectivity index (χ0v) is 15.3. The van der Waals surface area contributed by atoms with E-state index in [2.05, 4.69) is 5.32 Å². The molecule has 2 N–H and O–H groups in total. The summed E-state index contributed by atoms with van der Waals surface area (Å²) in [5.74, 6) is -2.97. The lowest BCUT2D eigenvalue weighted by molar-refractivity contribution is 0.0694. The Kier molecular flexibility index (Phi) is 3.94. The zero-order valence-electron chi connectivity index (χ0n) is 15.3. The molecule has 0 radical (unpaired) electrons. The van der Waals surface area contributed by atoms with E-state index in [1.165, 1.54) is 10.8 Å². The second-order valence-electron chi connectivity index (χ2n) is 8.13. The molecule has 2 atom stereocenters. The van der Waals surface area contributed by atoms with Gasteiger partial charge in [0.1, 0.15) is 17.1 Å². The van der Waals surface area contributed by atoms with Crippen molar-refractivity contribution in [2.75, 3.05) is 18.0 Å². The molecule has 0 spiro atoms. The molecule has 2 aliphatic heterocycles. The number of rotatable bonds is 3. The topological polar surface area (TPSA) is 74.6 Å². The monoisotopic (exact) mass is 389 g/mol. The van der Waals surface area contributed by atoms with Crippen LogP contribution in [0.1, 0.15) is 48.5 Å². The van der Waals surface area contributed by atoms with Crippen LogP contribution in [-0.4, -0.2) is 40.8 Å². The maximum Gasteiger partial charge on any atom is 0.341 e. The third-order valence-electron chi connectivity index (χ3n) is 6.13. The van der Waals surface area contributed by atoms with E-state index in [-0.39, 0.29) is 34.7 Å². The van der Waals surface area contributed by atoms with Crippen molar-refractivity contribution in [1.29, 1.82) is 0 Å². The molecule has 2 bridgehead atoms. The Labute approximate surface area is 159 Å². The average Bonchev–Trinajstić information content (AvgIpc) is 3.47. The predicted octanol–water partition coefficient (Wildman–Crippen LogP) is 2.64. The first-order valence-corrected chi connectivity index (χ1v) is 9.75. The summed E-state index contributed by atoms with van der Waals surface area (Å²) >= 11 is 0. The molecule has 148 valence electrons. The van der Waals surface area contributed by atoms with E-state index in [4.69, 9.17) is 0 Å². The van der Waals surface area contributed by atoms with Crippen molar-refractivity contribution in [2.24, 2.45) is 0 Å². The van der Waals surface area contributed by atoms with Crippen molar-refractivity contribution in [1.82, 2.24) is 9.88 Å². The fraction of sp³-hybridized carbons (Fsp3) is 0.500. The summed E-state index contributed by atoms with van der Waals surface area (Å²) < 4.78 is 32.2. The number of anilines is 1. The van der Waals surface area contributed by atoms with E-state index in [1.807, 2.05) is 0 Å². The number of piperazine rings is 1. The first-order chi connectivity index (χ1) is 13.4. The maximum atomic E-state index is 15.6. The van der Waals surface area contributed by atoms with Crippen LogP contribution < -0.4 is 15.6 Å². The Bertz CT molecular complexity index is 1040. The Hall–Kier alpha value is -2.48. The van der Waals surface area contributed by atoms with Crippen LogP contribution in [0.3, 0.4) is 0 Å². The summed E-state index contributed by atoms with van der Waals surface area (Å²) in [6, 6.07) is 1.35. The molecular formula is C20H21F2N3O3. The number of hydrogen-bond acceptors (Lipinski definition) is 4. The number of aromatic carboxylic acids is 1. The second kappa shape index (κ2) is 6.27. The molecule has 0 amide bonds. The number of carbonyl (C=O) groups is 1. The molecule has 3 heterocycles. The number of aromatic nitrogens is 1. The van der Waals surface area contributed by atoms with Crippen molar-refractivity contribution in [3.8, 4) is 0 Å². The third kappa shape index (κ3) is 2.70. The molecule has 2 unspecified atom stereocenters. The second-order valence-corrected chi connectivity index (χ2v) is 8.13. The number of nitrogens with one attached hydrogen (secondary N) is 1. The molecule has 28 heavy (non-hydrogen) atoms. The number of nitrogens with zero attached hydrogens (tertiary/aromatic N) is 2. The van der Waals surface area contributed by atoms with E-state index >= 15 is 8.78 Å². The van der Waals surface area contributed by atoms with Crippen LogP contribution >= 0.6 is 0 Å². The number of fused-ring (bicyclic) bond motifs is 3. The third-order valence-corrected chi connectivity index (χ3v) is 6.13. The van der Waals surface area contributed by atoms with Gasteiger partial charge in [0.2, 0.25) is 5.43 Å². The minimum absolute atomic E-state index is 0.0117. The van der Waals surface area contributed by atoms with Crippen molar-refractivity contribution in [3.05, 3.63) is 39.7 Å². The van der Waals surface area contributed by atoms with E-state index in [0.29, 0.717) is 13.1 Å². The van der Waals surface area contributed by atoms with Gasteiger partial charge in [-0.25, -0.2) is 13.6 Å². The molecule has 3 fully saturated rings. The Morgan fingerprint density at radius 2 is 1.82 bits per heavy atom. The number of piperidine rings is 1. The highest BCUT2D eigenvalue weighted by Crippen LogP contribution is 2.40. The highest BCUT2D eigenvalue weighted by Gasteiger charge is 2.35. The smallest absolute Gasteiger partial charge is 0.341 e. The number of halogens is 2. The van der Waals surface area contributed by atoms with Gasteiger partial charge >= 0.3 is 5.97 Å². The van der Waals surface area contributed by atoms with Crippen molar-refractivity contribution in [3.63, 3.8) is 0 Å². The molecule has 8 heteroatoms. The quantitative estimate of drug-likeness (QED) is 0.844. The van der Waals surface area contributed by atoms with Crippen molar-refractivity contribution in [2.45, 2.75) is 50.2 Å². The number of carboxylic acids is 1. The summed E-state index contributed by atoms with van der Waals surface area (Å²) in [6.45, 7) is 1.02. The molecule has 1 aromatic heterocycles. The van der Waals surface area contributed by atoms with Gasteiger partial charge in [-0.3, -0.25) is 4.79 Å². The van der Waals surface area contributed by atoms with E-state index in [1.54, 1.807) is 4.90 Å². The van der Waals surface area contributed by atoms with E-state index in [0.717, 1.165) is 38.2 Å². The Morgan fingerprint density at radius 1 is 1.14 bits per heavy atom. The summed E-state index contributed by atoms with van der Waals surface area (Å²) in [6.07, 6.45) is 5.82. The van der Waals surface area contributed by atoms with E-state index < -0.39 is 28.6 Å². The van der Waals surface area contributed by atoms with Crippen molar-refractivity contribution >= 4 is 22.6 Å². The predicted molar refractivity (Wildman–Crippen MR) is 100 cm³/mol. The summed E-state index contributed by atoms with van der Waals surface area (Å²) in [5, 5.41) is 12.6. The first kappa shape index (κ1) is 17.6. The van der Waals surface area contributed by atoms with Crippen LogP contribution in [0.25, 0.3) is 10.9 Å². The highest BCUT2D eigenvalue weighted by molar-refractivity contribution is 5.94. The molecule has 5 rings (SSSR count). The van der Waals surface area contributed by atoms with Gasteiger partial charge in [-0.15, -0.1) is 0 Å². The van der Waals surface area contributed by atoms with Crippen LogP contribution in [0.15, 0.2) is 17.1 Å². The van der Waals surface area contributed by atoms with Gasteiger partial charge < -0.3 is 19.9 Å². The van der Waals surface area contributed by atoms with Crippen LogP contribution in [0.4, 0.5) is 14.5 Å². The molecule has 1 aromatic carbocycles. The maximum absolute atomic E-state index is 15.6. The number of carboxylic acid groups (broad SMARTS) is 1. The fourth-order valence-corrected chi connectivity index (χ4v) is 4.70. The summed E-state index contributed by atoms with van der Waals surface area (Å²) in [5.41, 5.74) is -1.40. The number of benzene rings is 1. The van der Waals surface area contributed by atoms with Crippen LogP contribution in [0.2, 0.25) is 0 Å². The molecule has 3 aliphatic rings. The molecule has 1 saturated carbocycles. The average molecular weight is 389 g/mol. The first-order valence-electron chi connectivity index (χ1n) is 9.75. The molecule has 2 saturated heterocycles. The standard InChI is InChI=1S/C20H21F2N3O3/c21-15-6-13-17(25(12-4-5-12)9-14(19(13)26)20(27)28)16(22)18(15)24-7-10-2-1-3-11(8-24)23-10/h6,9-12,23H,1-5,7-8H2,(H,27,28). The van der Waals surface area contributed by atoms with Crippen LogP contribution in [-0.2, 0) is 0 Å². The zero-order chi connectivity index (χ0) is 19.6. The number of pyridine rings is 1. The lowest BCUT2D eigenvalue weighted by Crippen LogP contribution is -2.59. The fourth-order valence-electron chi connectivity index (χ4n) is 4.70. The van der Waals surface area contributed by atoms with Gasteiger partial charge in [-0.1, -0.05) is 6.42 Å². The highest BCUT2D eigenvalue weighted by atomic mass is 19.1. The normalized spacial score (nSPS) is 24.6. The van der Waals surface area contributed by atoms with Crippen molar-refractivity contribution < 1.29 is 18.7 Å². The SMILES string of the molecule is O=C(O)c1cn(C2CC2)c2c(F)c(N3CC4CCCC(C3)N4)c(F)cc2c1=O. The lowest BCUT2D eigenvalue weighted by Gasteiger charge is -2.43. The van der Waals surface area contributed by atoms with Gasteiger partial charge in [-0.2, -0.15) is 0 Å². The summed E-state index contributed by atoms with van der Waals surface area (Å²) in [4.78, 5) is 25.7. The minimum Gasteiger partial charge on any atom is -0.477 e. The van der Waals surface area contributed by atoms with Crippen LogP contribution in [0, 0.1) is 11.6 Å². The lowest BCUT2D eigenvalue weighted by atomic mass is 9.93. The van der Waals surface area contributed by atoms with Gasteiger partial charge in [0.05, 0.1) is 10.9 Å². The molecule has 2 aromatic rings. The largest absolute Gasteiger partial charge is 0.477 e. The van der Waals surface area contributed by atoms with Crippen LogP contribution in [0.5, 0.6) is 0 Å². The Morgan fingerprint density at radius 3 is 2.43 bits per heavy atom. The number of hydrogen-bond donors (Lipinski definition) is 2. The van der Waals surface area contributed by atoms with Gasteiger partial charge in [0.25, 0.3) is 0 Å². The minimum atomic E-state index is -1.39. The molecular weight excluding hydrogens is 368 g/mol.